The number of nitrogens with two attached hydrogens (primary N) is 1. The van der Waals surface area contributed by atoms with Crippen LogP contribution in [-0.2, 0) is 5.75 Å². The molecule has 0 amide bonds. The molecule has 0 atom stereocenters. The minimum Gasteiger partial charge on any atom is -0.497 e. The van der Waals surface area contributed by atoms with E-state index in [1.165, 1.54) is 4.90 Å². The van der Waals surface area contributed by atoms with Crippen molar-refractivity contribution >= 4 is 17.4 Å². The molecule has 0 radical (unpaired) electrons. The summed E-state index contributed by atoms with van der Waals surface area (Å²) in [4.78, 5) is 1.17. The summed E-state index contributed by atoms with van der Waals surface area (Å²) in [7, 11) is 3.32. The average molecular weight is 275 g/mol. The summed E-state index contributed by atoms with van der Waals surface area (Å²) >= 11 is 1.74. The van der Waals surface area contributed by atoms with E-state index in [1.54, 1.807) is 26.0 Å². The molecule has 0 aromatic heterocycles. The third kappa shape index (κ3) is 3.83. The smallest absolute Gasteiger partial charge is 0.121 e. The highest BCUT2D eigenvalue weighted by Crippen LogP contribution is 2.28. The molecule has 0 aliphatic carbocycles. The Hall–Kier alpha value is -1.81. The summed E-state index contributed by atoms with van der Waals surface area (Å²) in [5, 5.41) is 0. The predicted molar refractivity (Wildman–Crippen MR) is 80.0 cm³/mol. The van der Waals surface area contributed by atoms with Crippen LogP contribution in [-0.4, -0.2) is 14.2 Å². The van der Waals surface area contributed by atoms with Crippen molar-refractivity contribution in [3.8, 4) is 11.5 Å². The Bertz CT molecular complexity index is 558. The molecule has 3 nitrogen and oxygen atoms in total. The summed E-state index contributed by atoms with van der Waals surface area (Å²) in [5.41, 5.74) is 7.71. The van der Waals surface area contributed by atoms with Crippen LogP contribution in [0.25, 0.3) is 0 Å². The van der Waals surface area contributed by atoms with E-state index < -0.39 is 0 Å². The van der Waals surface area contributed by atoms with Crippen LogP contribution in [0, 0.1) is 0 Å². The molecule has 100 valence electrons. The molecule has 19 heavy (non-hydrogen) atoms. The van der Waals surface area contributed by atoms with E-state index in [0.29, 0.717) is 0 Å². The zero-order valence-corrected chi connectivity index (χ0v) is 11.9. The number of benzene rings is 2. The van der Waals surface area contributed by atoms with E-state index >= 15 is 0 Å². The SMILES string of the molecule is COc1cc(N)cc(CSc2cccc(OC)c2)c1. The summed E-state index contributed by atoms with van der Waals surface area (Å²) < 4.78 is 10.4. The second-order valence-electron chi connectivity index (χ2n) is 4.08. The number of nitrogen functional groups attached to an aromatic ring is 1. The Labute approximate surface area is 117 Å². The van der Waals surface area contributed by atoms with Crippen molar-refractivity contribution in [1.29, 1.82) is 0 Å². The fourth-order valence-corrected chi connectivity index (χ4v) is 2.62. The fraction of sp³-hybridized carbons (Fsp3) is 0.200. The first kappa shape index (κ1) is 13.6. The van der Waals surface area contributed by atoms with Crippen molar-refractivity contribution in [3.63, 3.8) is 0 Å². The number of hydrogen-bond acceptors (Lipinski definition) is 4. The Kier molecular flexibility index (Phi) is 4.58. The maximum absolute atomic E-state index is 5.84. The van der Waals surface area contributed by atoms with Crippen LogP contribution in [0.1, 0.15) is 5.56 Å². The van der Waals surface area contributed by atoms with Gasteiger partial charge in [0.15, 0.2) is 0 Å². The molecular weight excluding hydrogens is 258 g/mol. The normalized spacial score (nSPS) is 10.2. The minimum absolute atomic E-state index is 0.723. The third-order valence-electron chi connectivity index (χ3n) is 2.67. The second-order valence-corrected chi connectivity index (χ2v) is 5.13. The molecule has 0 unspecified atom stereocenters. The monoisotopic (exact) mass is 275 g/mol. The summed E-state index contributed by atoms with van der Waals surface area (Å²) in [5.74, 6) is 2.51. The molecule has 0 heterocycles. The molecule has 2 aromatic carbocycles. The van der Waals surface area contributed by atoms with Gasteiger partial charge in [0.05, 0.1) is 14.2 Å². The van der Waals surface area contributed by atoms with E-state index in [4.69, 9.17) is 15.2 Å². The lowest BCUT2D eigenvalue weighted by Gasteiger charge is -2.07. The van der Waals surface area contributed by atoms with Gasteiger partial charge in [-0.15, -0.1) is 11.8 Å². The first-order valence-corrected chi connectivity index (χ1v) is 6.90. The highest BCUT2D eigenvalue weighted by molar-refractivity contribution is 7.98. The van der Waals surface area contributed by atoms with Gasteiger partial charge >= 0.3 is 0 Å². The number of ether oxygens (including phenoxy) is 2. The third-order valence-corrected chi connectivity index (χ3v) is 3.74. The quantitative estimate of drug-likeness (QED) is 0.669. The highest BCUT2D eigenvalue weighted by Gasteiger charge is 2.02. The highest BCUT2D eigenvalue weighted by atomic mass is 32.2. The molecule has 4 heteroatoms. The first-order valence-electron chi connectivity index (χ1n) is 5.91. The average Bonchev–Trinajstić information content (AvgIpc) is 2.44. The molecule has 2 N–H and O–H groups in total. The van der Waals surface area contributed by atoms with Crippen LogP contribution < -0.4 is 15.2 Å². The van der Waals surface area contributed by atoms with Crippen LogP contribution in [0.5, 0.6) is 11.5 Å². The van der Waals surface area contributed by atoms with Gasteiger partial charge in [0, 0.05) is 22.4 Å². The molecule has 0 bridgehead atoms. The maximum Gasteiger partial charge on any atom is 0.121 e. The number of rotatable bonds is 5. The lowest BCUT2D eigenvalue weighted by atomic mass is 10.2. The van der Waals surface area contributed by atoms with Gasteiger partial charge in [-0.05, 0) is 35.9 Å². The van der Waals surface area contributed by atoms with E-state index in [9.17, 15) is 0 Å². The van der Waals surface area contributed by atoms with E-state index in [1.807, 2.05) is 36.4 Å². The fourth-order valence-electron chi connectivity index (χ4n) is 1.74. The van der Waals surface area contributed by atoms with Crippen molar-refractivity contribution in [1.82, 2.24) is 0 Å². The van der Waals surface area contributed by atoms with Crippen molar-refractivity contribution in [3.05, 3.63) is 48.0 Å². The number of hydrogen-bond donors (Lipinski definition) is 1. The summed E-state index contributed by atoms with van der Waals surface area (Å²) in [6.07, 6.45) is 0. The van der Waals surface area contributed by atoms with Gasteiger partial charge in [0.25, 0.3) is 0 Å². The van der Waals surface area contributed by atoms with Crippen LogP contribution in [0.15, 0.2) is 47.4 Å². The molecule has 0 spiro atoms. The molecule has 0 aliphatic rings. The van der Waals surface area contributed by atoms with Gasteiger partial charge in [-0.1, -0.05) is 6.07 Å². The largest absolute Gasteiger partial charge is 0.497 e. The van der Waals surface area contributed by atoms with Gasteiger partial charge < -0.3 is 15.2 Å². The van der Waals surface area contributed by atoms with Gasteiger partial charge in [-0.3, -0.25) is 0 Å². The van der Waals surface area contributed by atoms with Crippen molar-refractivity contribution in [2.24, 2.45) is 0 Å². The lowest BCUT2D eigenvalue weighted by Crippen LogP contribution is -1.91. The van der Waals surface area contributed by atoms with E-state index in [2.05, 4.69) is 6.07 Å². The number of methoxy groups -OCH3 is 2. The van der Waals surface area contributed by atoms with Gasteiger partial charge in [-0.2, -0.15) is 0 Å². The number of thioether (sulfide) groups is 1. The summed E-state index contributed by atoms with van der Waals surface area (Å²) in [6, 6.07) is 13.8. The number of anilines is 1. The van der Waals surface area contributed by atoms with Crippen molar-refractivity contribution in [2.75, 3.05) is 20.0 Å². The molecule has 0 saturated carbocycles. The maximum atomic E-state index is 5.84. The standard InChI is InChI=1S/C15H17NO2S/c1-17-13-4-3-5-15(9-13)19-10-11-6-12(16)8-14(7-11)18-2/h3-9H,10,16H2,1-2H3. The van der Waals surface area contributed by atoms with Crippen molar-refractivity contribution < 1.29 is 9.47 Å². The predicted octanol–water partition coefficient (Wildman–Crippen LogP) is 3.58. The topological polar surface area (TPSA) is 44.5 Å². The second kappa shape index (κ2) is 6.38. The zero-order valence-electron chi connectivity index (χ0n) is 11.1. The van der Waals surface area contributed by atoms with Crippen LogP contribution in [0.4, 0.5) is 5.69 Å². The summed E-state index contributed by atoms with van der Waals surface area (Å²) in [6.45, 7) is 0. The molecule has 0 fully saturated rings. The molecule has 0 saturated heterocycles. The Morgan fingerprint density at radius 2 is 1.79 bits per heavy atom. The lowest BCUT2D eigenvalue weighted by molar-refractivity contribution is 0.413. The Morgan fingerprint density at radius 1 is 1.00 bits per heavy atom. The van der Waals surface area contributed by atoms with Crippen LogP contribution in [0.2, 0.25) is 0 Å². The van der Waals surface area contributed by atoms with Gasteiger partial charge in [0.2, 0.25) is 0 Å². The molecule has 0 aliphatic heterocycles. The van der Waals surface area contributed by atoms with E-state index in [0.717, 1.165) is 28.5 Å². The van der Waals surface area contributed by atoms with Crippen LogP contribution >= 0.6 is 11.8 Å². The first-order chi connectivity index (χ1) is 9.21. The Balaban J connectivity index is 2.07. The van der Waals surface area contributed by atoms with Gasteiger partial charge in [-0.25, -0.2) is 0 Å². The zero-order chi connectivity index (χ0) is 13.7. The van der Waals surface area contributed by atoms with Crippen molar-refractivity contribution in [2.45, 2.75) is 10.6 Å². The van der Waals surface area contributed by atoms with E-state index in [-0.39, 0.29) is 0 Å². The molecular formula is C15H17NO2S. The minimum atomic E-state index is 0.723. The molecule has 2 aromatic rings. The molecule has 2 rings (SSSR count). The van der Waals surface area contributed by atoms with Gasteiger partial charge in [0.1, 0.15) is 11.5 Å². The van der Waals surface area contributed by atoms with Crippen LogP contribution in [0.3, 0.4) is 0 Å². The Morgan fingerprint density at radius 3 is 2.53 bits per heavy atom.